The predicted molar refractivity (Wildman–Crippen MR) is 81.9 cm³/mol. The Balaban J connectivity index is 2.97. The number of benzene rings is 1. The highest BCUT2D eigenvalue weighted by molar-refractivity contribution is 7.70. The van der Waals surface area contributed by atoms with Crippen molar-refractivity contribution in [3.63, 3.8) is 0 Å². The molecule has 0 aliphatic rings. The van der Waals surface area contributed by atoms with Crippen LogP contribution in [0.25, 0.3) is 0 Å². The van der Waals surface area contributed by atoms with Crippen LogP contribution in [0.3, 0.4) is 0 Å². The van der Waals surface area contributed by atoms with E-state index in [0.717, 1.165) is 0 Å². The van der Waals surface area contributed by atoms with E-state index in [2.05, 4.69) is 5.32 Å². The molecule has 0 unspecified atom stereocenters. The number of carbonyl (C=O) groups excluding carboxylic acids is 1. The first kappa shape index (κ1) is 16.6. The van der Waals surface area contributed by atoms with Gasteiger partial charge in [0.2, 0.25) is 0 Å². The fourth-order valence-electron chi connectivity index (χ4n) is 1.53. The molecule has 0 heterocycles. The number of ether oxygens (including phenoxy) is 2. The van der Waals surface area contributed by atoms with Gasteiger partial charge in [-0.05, 0) is 52.3 Å². The van der Waals surface area contributed by atoms with Crippen molar-refractivity contribution in [2.75, 3.05) is 25.8 Å². The van der Waals surface area contributed by atoms with Crippen LogP contribution in [0.1, 0.15) is 20.8 Å². The molecule has 1 aromatic carbocycles. The van der Waals surface area contributed by atoms with Crippen LogP contribution in [0.15, 0.2) is 18.2 Å². The molecule has 5 nitrogen and oxygen atoms in total. The highest BCUT2D eigenvalue weighted by Gasteiger charge is 2.19. The molecule has 0 radical (unpaired) electrons. The standard InChI is InChI=1S/C14H22NO4P/c1-14(2,3)19-13(16)15-11-8-7-10(20(5,6)17)9-12(11)18-4/h7-9H,1-6H3,(H,15,16). The van der Waals surface area contributed by atoms with Gasteiger partial charge in [-0.3, -0.25) is 5.32 Å². The van der Waals surface area contributed by atoms with E-state index in [1.165, 1.54) is 7.11 Å². The summed E-state index contributed by atoms with van der Waals surface area (Å²) in [6.45, 7) is 8.73. The molecule has 1 amide bonds. The molecule has 0 saturated carbocycles. The molecule has 6 heteroatoms. The Kier molecular flexibility index (Phi) is 4.87. The highest BCUT2D eigenvalue weighted by Crippen LogP contribution is 2.37. The van der Waals surface area contributed by atoms with E-state index < -0.39 is 18.8 Å². The van der Waals surface area contributed by atoms with Crippen molar-refractivity contribution in [2.45, 2.75) is 26.4 Å². The number of hydrogen-bond donors (Lipinski definition) is 1. The van der Waals surface area contributed by atoms with Crippen LogP contribution in [0.4, 0.5) is 10.5 Å². The van der Waals surface area contributed by atoms with E-state index >= 15 is 0 Å². The van der Waals surface area contributed by atoms with Gasteiger partial charge in [-0.1, -0.05) is 0 Å². The lowest BCUT2D eigenvalue weighted by molar-refractivity contribution is 0.0635. The van der Waals surface area contributed by atoms with Crippen molar-refractivity contribution in [3.8, 4) is 5.75 Å². The zero-order valence-electron chi connectivity index (χ0n) is 12.8. The van der Waals surface area contributed by atoms with Gasteiger partial charge in [0, 0.05) is 5.30 Å². The Labute approximate surface area is 120 Å². The summed E-state index contributed by atoms with van der Waals surface area (Å²) in [4.78, 5) is 11.7. The third-order valence-corrected chi connectivity index (χ3v) is 3.96. The van der Waals surface area contributed by atoms with Gasteiger partial charge >= 0.3 is 6.09 Å². The molecule has 1 N–H and O–H groups in total. The maximum absolute atomic E-state index is 12.0. The summed E-state index contributed by atoms with van der Waals surface area (Å²) in [6, 6.07) is 5.06. The van der Waals surface area contributed by atoms with Crippen LogP contribution in [-0.4, -0.2) is 32.1 Å². The lowest BCUT2D eigenvalue weighted by atomic mass is 10.2. The van der Waals surface area contributed by atoms with Gasteiger partial charge in [-0.15, -0.1) is 0 Å². The van der Waals surface area contributed by atoms with Gasteiger partial charge in [-0.2, -0.15) is 0 Å². The number of hydrogen-bond acceptors (Lipinski definition) is 4. The van der Waals surface area contributed by atoms with Crippen LogP contribution < -0.4 is 15.4 Å². The molecule has 0 aromatic heterocycles. The molecule has 1 rings (SSSR count). The number of nitrogens with one attached hydrogen (secondary N) is 1. The zero-order chi connectivity index (χ0) is 15.6. The molecular weight excluding hydrogens is 277 g/mol. The Morgan fingerprint density at radius 2 is 1.85 bits per heavy atom. The number of methoxy groups -OCH3 is 1. The fraction of sp³-hybridized carbons (Fsp3) is 0.500. The summed E-state index contributed by atoms with van der Waals surface area (Å²) in [6.07, 6.45) is -0.556. The first-order chi connectivity index (χ1) is 9.03. The van der Waals surface area contributed by atoms with Gasteiger partial charge in [0.1, 0.15) is 18.5 Å². The first-order valence-electron chi connectivity index (χ1n) is 6.26. The third kappa shape index (κ3) is 4.89. The molecule has 0 spiro atoms. The first-order valence-corrected chi connectivity index (χ1v) is 8.86. The van der Waals surface area contributed by atoms with Crippen LogP contribution in [0, 0.1) is 0 Å². The molecule has 0 atom stereocenters. The van der Waals surface area contributed by atoms with Crippen molar-refractivity contribution in [3.05, 3.63) is 18.2 Å². The summed E-state index contributed by atoms with van der Waals surface area (Å²) in [5.74, 6) is 0.456. The Bertz CT molecular complexity index is 543. The lowest BCUT2D eigenvalue weighted by Crippen LogP contribution is -2.27. The monoisotopic (exact) mass is 299 g/mol. The van der Waals surface area contributed by atoms with Crippen LogP contribution in [-0.2, 0) is 9.30 Å². The molecule has 1 aromatic rings. The van der Waals surface area contributed by atoms with Crippen molar-refractivity contribution >= 4 is 24.2 Å². The van der Waals surface area contributed by atoms with Crippen LogP contribution in [0.5, 0.6) is 5.75 Å². The fourth-order valence-corrected chi connectivity index (χ4v) is 2.39. The Morgan fingerprint density at radius 3 is 2.30 bits per heavy atom. The number of amides is 1. The number of anilines is 1. The summed E-state index contributed by atoms with van der Waals surface area (Å²) in [7, 11) is -0.874. The van der Waals surface area contributed by atoms with E-state index in [-0.39, 0.29) is 0 Å². The Morgan fingerprint density at radius 1 is 1.25 bits per heavy atom. The quantitative estimate of drug-likeness (QED) is 0.870. The predicted octanol–water partition coefficient (Wildman–Crippen LogP) is 3.29. The van der Waals surface area contributed by atoms with Crippen molar-refractivity contribution in [1.29, 1.82) is 0 Å². The topological polar surface area (TPSA) is 64.6 Å². The molecule has 0 aliphatic heterocycles. The minimum Gasteiger partial charge on any atom is -0.495 e. The molecular formula is C14H22NO4P. The second kappa shape index (κ2) is 5.88. The van der Waals surface area contributed by atoms with Gasteiger partial charge in [-0.25, -0.2) is 4.79 Å². The summed E-state index contributed by atoms with van der Waals surface area (Å²) in [5, 5.41) is 3.32. The zero-order valence-corrected chi connectivity index (χ0v) is 13.7. The SMILES string of the molecule is COc1cc(P(C)(C)=O)ccc1NC(=O)OC(C)(C)C. The third-order valence-electron chi connectivity index (χ3n) is 2.44. The highest BCUT2D eigenvalue weighted by atomic mass is 31.2. The van der Waals surface area contributed by atoms with E-state index in [9.17, 15) is 9.36 Å². The normalized spacial score (nSPS) is 11.9. The smallest absolute Gasteiger partial charge is 0.412 e. The van der Waals surface area contributed by atoms with Crippen LogP contribution in [0.2, 0.25) is 0 Å². The van der Waals surface area contributed by atoms with Gasteiger partial charge in [0.25, 0.3) is 0 Å². The molecule has 112 valence electrons. The van der Waals surface area contributed by atoms with Crippen molar-refractivity contribution in [1.82, 2.24) is 0 Å². The molecule has 0 bridgehead atoms. The van der Waals surface area contributed by atoms with E-state index in [1.54, 1.807) is 52.3 Å². The van der Waals surface area contributed by atoms with E-state index in [0.29, 0.717) is 16.7 Å². The van der Waals surface area contributed by atoms with E-state index in [4.69, 9.17) is 9.47 Å². The molecule has 0 saturated heterocycles. The summed E-state index contributed by atoms with van der Waals surface area (Å²) in [5.41, 5.74) is -0.0845. The van der Waals surface area contributed by atoms with E-state index in [1.807, 2.05) is 0 Å². The Hall–Kier alpha value is -1.48. The van der Waals surface area contributed by atoms with Gasteiger partial charge in [0.15, 0.2) is 0 Å². The number of rotatable bonds is 3. The average molecular weight is 299 g/mol. The van der Waals surface area contributed by atoms with Gasteiger partial charge in [0.05, 0.1) is 12.8 Å². The second-order valence-corrected chi connectivity index (χ2v) is 9.08. The number of carbonyl (C=O) groups is 1. The average Bonchev–Trinajstić information content (AvgIpc) is 2.25. The summed E-state index contributed by atoms with van der Waals surface area (Å²) >= 11 is 0. The van der Waals surface area contributed by atoms with Crippen molar-refractivity contribution < 1.29 is 18.8 Å². The van der Waals surface area contributed by atoms with Gasteiger partial charge < -0.3 is 14.0 Å². The van der Waals surface area contributed by atoms with Crippen molar-refractivity contribution in [2.24, 2.45) is 0 Å². The maximum atomic E-state index is 12.0. The van der Waals surface area contributed by atoms with Crippen LogP contribution >= 0.6 is 7.14 Å². The summed E-state index contributed by atoms with van der Waals surface area (Å²) < 4.78 is 22.4. The maximum Gasteiger partial charge on any atom is 0.412 e. The largest absolute Gasteiger partial charge is 0.495 e. The minimum atomic E-state index is -2.37. The molecule has 0 aliphatic carbocycles. The molecule has 20 heavy (non-hydrogen) atoms. The minimum absolute atomic E-state index is 0.456. The molecule has 0 fully saturated rings. The second-order valence-electron chi connectivity index (χ2n) is 5.86. The lowest BCUT2D eigenvalue weighted by Gasteiger charge is -2.20.